The molecule has 0 spiro atoms. The fourth-order valence-electron chi connectivity index (χ4n) is 1.76. The number of hydrazone groups is 1. The van der Waals surface area contributed by atoms with Crippen LogP contribution in [0.1, 0.15) is 12.5 Å². The van der Waals surface area contributed by atoms with E-state index in [-0.39, 0.29) is 5.75 Å². The lowest BCUT2D eigenvalue weighted by atomic mass is 10.2. The van der Waals surface area contributed by atoms with E-state index in [0.717, 1.165) is 11.4 Å². The van der Waals surface area contributed by atoms with Gasteiger partial charge in [0.15, 0.2) is 11.5 Å². The van der Waals surface area contributed by atoms with Crippen LogP contribution in [-0.4, -0.2) is 25.0 Å². The number of nitrogens with zero attached hydrogens (tertiary/aromatic N) is 1. The van der Waals surface area contributed by atoms with Crippen LogP contribution in [0.25, 0.3) is 0 Å². The van der Waals surface area contributed by atoms with Gasteiger partial charge in [-0.15, -0.1) is 0 Å². The van der Waals surface area contributed by atoms with E-state index in [4.69, 9.17) is 9.47 Å². The largest absolute Gasteiger partial charge is 0.504 e. The number of rotatable bonds is 6. The molecule has 0 atom stereocenters. The summed E-state index contributed by atoms with van der Waals surface area (Å²) in [5.41, 5.74) is 4.30. The number of nitrogens with one attached hydrogen (secondary N) is 1. The van der Waals surface area contributed by atoms with Crippen molar-refractivity contribution in [2.45, 2.75) is 6.92 Å². The molecule has 2 aromatic rings. The number of benzene rings is 2. The monoisotopic (exact) mass is 286 g/mol. The first-order chi connectivity index (χ1) is 10.2. The Bertz CT molecular complexity index is 609. The SMILES string of the molecule is CCOc1cccc(/C=N/Nc2ccc(OC)cc2)c1O. The van der Waals surface area contributed by atoms with Crippen LogP contribution in [-0.2, 0) is 0 Å². The molecule has 0 aliphatic rings. The highest BCUT2D eigenvalue weighted by molar-refractivity contribution is 5.85. The van der Waals surface area contributed by atoms with Gasteiger partial charge in [-0.3, -0.25) is 5.43 Å². The first-order valence-electron chi connectivity index (χ1n) is 6.62. The molecule has 21 heavy (non-hydrogen) atoms. The number of phenolic OH excluding ortho intramolecular Hbond substituents is 1. The number of para-hydroxylation sites is 1. The van der Waals surface area contributed by atoms with E-state index >= 15 is 0 Å². The van der Waals surface area contributed by atoms with Crippen molar-refractivity contribution >= 4 is 11.9 Å². The summed E-state index contributed by atoms with van der Waals surface area (Å²) in [4.78, 5) is 0. The molecule has 0 heterocycles. The third kappa shape index (κ3) is 3.89. The highest BCUT2D eigenvalue weighted by Gasteiger charge is 2.05. The Labute approximate surface area is 123 Å². The molecule has 0 aliphatic carbocycles. The van der Waals surface area contributed by atoms with Gasteiger partial charge < -0.3 is 14.6 Å². The number of hydrogen-bond donors (Lipinski definition) is 2. The van der Waals surface area contributed by atoms with E-state index < -0.39 is 0 Å². The number of ether oxygens (including phenoxy) is 2. The van der Waals surface area contributed by atoms with Crippen LogP contribution in [0.2, 0.25) is 0 Å². The van der Waals surface area contributed by atoms with Crippen molar-refractivity contribution in [3.63, 3.8) is 0 Å². The molecule has 0 aromatic heterocycles. The van der Waals surface area contributed by atoms with Gasteiger partial charge in [-0.05, 0) is 43.3 Å². The molecule has 2 rings (SSSR count). The van der Waals surface area contributed by atoms with Gasteiger partial charge >= 0.3 is 0 Å². The first-order valence-corrected chi connectivity index (χ1v) is 6.62. The fraction of sp³-hybridized carbons (Fsp3) is 0.188. The summed E-state index contributed by atoms with van der Waals surface area (Å²) >= 11 is 0. The lowest BCUT2D eigenvalue weighted by Crippen LogP contribution is -1.95. The van der Waals surface area contributed by atoms with Crippen molar-refractivity contribution in [2.24, 2.45) is 5.10 Å². The molecular weight excluding hydrogens is 268 g/mol. The van der Waals surface area contributed by atoms with Crippen molar-refractivity contribution in [1.82, 2.24) is 0 Å². The molecule has 2 aromatic carbocycles. The summed E-state index contributed by atoms with van der Waals surface area (Å²) in [5, 5.41) is 14.1. The third-order valence-electron chi connectivity index (χ3n) is 2.82. The molecular formula is C16H18N2O3. The Morgan fingerprint density at radius 3 is 2.62 bits per heavy atom. The zero-order valence-corrected chi connectivity index (χ0v) is 12.0. The Kier molecular flexibility index (Phi) is 5.04. The van der Waals surface area contributed by atoms with E-state index in [1.807, 2.05) is 31.2 Å². The van der Waals surface area contributed by atoms with Gasteiger partial charge in [-0.25, -0.2) is 0 Å². The second-order valence-electron chi connectivity index (χ2n) is 4.23. The molecule has 2 N–H and O–H groups in total. The highest BCUT2D eigenvalue weighted by atomic mass is 16.5. The minimum Gasteiger partial charge on any atom is -0.504 e. The molecule has 5 nitrogen and oxygen atoms in total. The summed E-state index contributed by atoms with van der Waals surface area (Å²) < 4.78 is 10.4. The minimum absolute atomic E-state index is 0.0830. The molecule has 0 aliphatic heterocycles. The van der Waals surface area contributed by atoms with Crippen LogP contribution in [0.4, 0.5) is 5.69 Å². The van der Waals surface area contributed by atoms with Gasteiger partial charge in [0.2, 0.25) is 0 Å². The molecule has 0 bridgehead atoms. The average molecular weight is 286 g/mol. The third-order valence-corrected chi connectivity index (χ3v) is 2.82. The average Bonchev–Trinajstić information content (AvgIpc) is 2.52. The van der Waals surface area contributed by atoms with E-state index in [1.165, 1.54) is 0 Å². The van der Waals surface area contributed by atoms with Crippen molar-refractivity contribution in [3.8, 4) is 17.2 Å². The van der Waals surface area contributed by atoms with Crippen molar-refractivity contribution in [1.29, 1.82) is 0 Å². The number of phenols is 1. The lowest BCUT2D eigenvalue weighted by molar-refractivity contribution is 0.318. The van der Waals surface area contributed by atoms with Gasteiger partial charge in [0, 0.05) is 5.56 Å². The van der Waals surface area contributed by atoms with Gasteiger partial charge in [-0.2, -0.15) is 5.10 Å². The van der Waals surface area contributed by atoms with Crippen LogP contribution in [0, 0.1) is 0 Å². The number of hydrogen-bond acceptors (Lipinski definition) is 5. The second-order valence-corrected chi connectivity index (χ2v) is 4.23. The maximum atomic E-state index is 10.0. The van der Waals surface area contributed by atoms with Crippen molar-refractivity contribution < 1.29 is 14.6 Å². The summed E-state index contributed by atoms with van der Waals surface area (Å²) in [6.07, 6.45) is 1.54. The van der Waals surface area contributed by atoms with Crippen LogP contribution in [0.3, 0.4) is 0 Å². The number of anilines is 1. The molecule has 110 valence electrons. The Morgan fingerprint density at radius 1 is 1.19 bits per heavy atom. The standard InChI is InChI=1S/C16H18N2O3/c1-3-21-15-6-4-5-12(16(15)19)11-17-18-13-7-9-14(20-2)10-8-13/h4-11,18-19H,3H2,1-2H3/b17-11+. The summed E-state index contributed by atoms with van der Waals surface area (Å²) in [7, 11) is 1.62. The lowest BCUT2D eigenvalue weighted by Gasteiger charge is -2.07. The van der Waals surface area contributed by atoms with Crippen LogP contribution in [0.15, 0.2) is 47.6 Å². The van der Waals surface area contributed by atoms with Crippen molar-refractivity contribution in [3.05, 3.63) is 48.0 Å². The van der Waals surface area contributed by atoms with Crippen LogP contribution < -0.4 is 14.9 Å². The normalized spacial score (nSPS) is 10.6. The molecule has 0 fully saturated rings. The van der Waals surface area contributed by atoms with Gasteiger partial charge in [0.05, 0.1) is 25.6 Å². The summed E-state index contributed by atoms with van der Waals surface area (Å²) in [6.45, 7) is 2.36. The summed E-state index contributed by atoms with van der Waals surface area (Å²) in [5.74, 6) is 1.32. The highest BCUT2D eigenvalue weighted by Crippen LogP contribution is 2.28. The molecule has 0 saturated heterocycles. The quantitative estimate of drug-likeness (QED) is 0.632. The molecule has 5 heteroatoms. The maximum absolute atomic E-state index is 10.0. The summed E-state index contributed by atoms with van der Waals surface area (Å²) in [6, 6.07) is 12.7. The zero-order chi connectivity index (χ0) is 15.1. The van der Waals surface area contributed by atoms with Gasteiger partial charge in [0.25, 0.3) is 0 Å². The topological polar surface area (TPSA) is 63.1 Å². The molecule has 0 saturated carbocycles. The predicted octanol–water partition coefficient (Wildman–Crippen LogP) is 3.25. The van der Waals surface area contributed by atoms with Crippen LogP contribution in [0.5, 0.6) is 17.2 Å². The fourth-order valence-corrected chi connectivity index (χ4v) is 1.76. The smallest absolute Gasteiger partial charge is 0.166 e. The second kappa shape index (κ2) is 7.19. The van der Waals surface area contributed by atoms with Crippen molar-refractivity contribution in [2.75, 3.05) is 19.1 Å². The van der Waals surface area contributed by atoms with Gasteiger partial charge in [0.1, 0.15) is 5.75 Å². The Balaban J connectivity index is 2.05. The Morgan fingerprint density at radius 2 is 1.95 bits per heavy atom. The molecule has 0 unspecified atom stereocenters. The van der Waals surface area contributed by atoms with E-state index in [9.17, 15) is 5.11 Å². The number of aromatic hydroxyl groups is 1. The van der Waals surface area contributed by atoms with E-state index in [0.29, 0.717) is 17.9 Å². The molecule has 0 amide bonds. The number of methoxy groups -OCH3 is 1. The maximum Gasteiger partial charge on any atom is 0.166 e. The minimum atomic E-state index is 0.0830. The zero-order valence-electron chi connectivity index (χ0n) is 12.0. The molecule has 0 radical (unpaired) electrons. The van der Waals surface area contributed by atoms with Crippen LogP contribution >= 0.6 is 0 Å². The Hall–Kier alpha value is -2.69. The predicted molar refractivity (Wildman–Crippen MR) is 83.5 cm³/mol. The van der Waals surface area contributed by atoms with Gasteiger partial charge in [-0.1, -0.05) is 6.07 Å². The van der Waals surface area contributed by atoms with E-state index in [1.54, 1.807) is 31.5 Å². The first kappa shape index (κ1) is 14.7. The van der Waals surface area contributed by atoms with E-state index in [2.05, 4.69) is 10.5 Å².